The molecule has 204 valence electrons. The van der Waals surface area contributed by atoms with E-state index in [0.717, 1.165) is 66.4 Å². The van der Waals surface area contributed by atoms with Crippen LogP contribution in [-0.2, 0) is 22.7 Å². The predicted molar refractivity (Wildman–Crippen MR) is 151 cm³/mol. The van der Waals surface area contributed by atoms with Gasteiger partial charge in [0.15, 0.2) is 5.13 Å². The molecule has 9 nitrogen and oxygen atoms in total. The van der Waals surface area contributed by atoms with E-state index in [1.807, 2.05) is 48.5 Å². The molecule has 0 spiro atoms. The topological polar surface area (TPSA) is 98.6 Å². The summed E-state index contributed by atoms with van der Waals surface area (Å²) < 4.78 is 13.4. The van der Waals surface area contributed by atoms with Crippen molar-refractivity contribution in [2.45, 2.75) is 39.8 Å². The molecule has 10 heteroatoms. The van der Waals surface area contributed by atoms with Gasteiger partial charge in [0.1, 0.15) is 23.1 Å². The third kappa shape index (κ3) is 6.63. The van der Waals surface area contributed by atoms with Crippen molar-refractivity contribution in [3.8, 4) is 5.75 Å². The predicted octanol–water partition coefficient (Wildman–Crippen LogP) is 4.91. The minimum atomic E-state index is -0.407. The molecule has 0 unspecified atom stereocenters. The van der Waals surface area contributed by atoms with Crippen molar-refractivity contribution in [2.24, 2.45) is 5.92 Å². The van der Waals surface area contributed by atoms with Gasteiger partial charge in [-0.05, 0) is 70.0 Å². The van der Waals surface area contributed by atoms with Gasteiger partial charge in [0.05, 0.1) is 29.9 Å². The first-order valence-corrected chi connectivity index (χ1v) is 14.1. The maximum absolute atomic E-state index is 12.7. The maximum Gasteiger partial charge on any atom is 0.350 e. The van der Waals surface area contributed by atoms with Crippen LogP contribution in [0.15, 0.2) is 54.6 Å². The number of nitrogens with zero attached hydrogens (tertiary/aromatic N) is 4. The van der Waals surface area contributed by atoms with E-state index < -0.39 is 5.97 Å². The minimum absolute atomic E-state index is 0.126. The second kappa shape index (κ2) is 12.4. The lowest BCUT2D eigenvalue weighted by atomic mass is 9.96. The average Bonchev–Trinajstić information content (AvgIpc) is 3.48. The highest BCUT2D eigenvalue weighted by molar-refractivity contribution is 7.17. The molecule has 4 aromatic rings. The Kier molecular flexibility index (Phi) is 8.53. The van der Waals surface area contributed by atoms with Gasteiger partial charge in [0.25, 0.3) is 0 Å². The molecule has 2 aromatic carbocycles. The molecule has 1 amide bonds. The molecule has 2 aromatic heterocycles. The van der Waals surface area contributed by atoms with Crippen LogP contribution in [-0.4, -0.2) is 57.6 Å². The van der Waals surface area contributed by atoms with E-state index in [9.17, 15) is 9.59 Å². The van der Waals surface area contributed by atoms with Gasteiger partial charge in [-0.25, -0.2) is 14.8 Å². The van der Waals surface area contributed by atoms with Crippen LogP contribution < -0.4 is 10.1 Å². The second-order valence-electron chi connectivity index (χ2n) is 9.65. The number of fused-ring (bicyclic) bond motifs is 1. The number of carbonyl (C=O) groups excluding carboxylic acids is 2. The Bertz CT molecular complexity index is 1430. The van der Waals surface area contributed by atoms with E-state index in [-0.39, 0.29) is 5.91 Å². The summed E-state index contributed by atoms with van der Waals surface area (Å²) in [5.74, 6) is 1.69. The summed E-state index contributed by atoms with van der Waals surface area (Å²) in [6.45, 7) is 7.05. The zero-order valence-electron chi connectivity index (χ0n) is 22.3. The number of hydrogen-bond donors (Lipinski definition) is 1. The molecule has 1 aliphatic heterocycles. The normalized spacial score (nSPS) is 14.4. The molecule has 0 radical (unpaired) electrons. The fourth-order valence-corrected chi connectivity index (χ4v) is 5.76. The Balaban J connectivity index is 1.16. The van der Waals surface area contributed by atoms with Gasteiger partial charge in [-0.15, -0.1) is 0 Å². The lowest BCUT2D eigenvalue weighted by Gasteiger charge is -2.31. The van der Waals surface area contributed by atoms with Crippen LogP contribution in [0, 0.1) is 12.8 Å². The van der Waals surface area contributed by atoms with Gasteiger partial charge in [-0.1, -0.05) is 41.7 Å². The Morgan fingerprint density at radius 1 is 1.05 bits per heavy atom. The lowest BCUT2D eigenvalue weighted by molar-refractivity contribution is -0.117. The Morgan fingerprint density at radius 3 is 2.56 bits per heavy atom. The number of anilines is 1. The Hall–Kier alpha value is -3.76. The number of para-hydroxylation sites is 3. The molecule has 0 bridgehead atoms. The second-order valence-corrected chi connectivity index (χ2v) is 10.6. The molecule has 5 rings (SSSR count). The number of benzene rings is 2. The highest BCUT2D eigenvalue weighted by atomic mass is 32.1. The standard InChI is InChI=1S/C29H33N5O4S/c1-3-37-28(36)27-20(2)30-29(39-27)32-26(35)18-33-15-13-21(14-16-33)17-34-24-12-8-7-11-23(24)31-25(34)19-38-22-9-5-4-6-10-22/h4-12,21H,3,13-19H2,1-2H3,(H,30,32,35). The number of hydrogen-bond acceptors (Lipinski definition) is 8. The van der Waals surface area contributed by atoms with E-state index in [0.29, 0.717) is 41.4 Å². The highest BCUT2D eigenvalue weighted by Crippen LogP contribution is 2.26. The van der Waals surface area contributed by atoms with E-state index in [1.165, 1.54) is 0 Å². The van der Waals surface area contributed by atoms with Crippen LogP contribution in [0.4, 0.5) is 5.13 Å². The molecule has 1 fully saturated rings. The van der Waals surface area contributed by atoms with Gasteiger partial charge in [-0.3, -0.25) is 9.69 Å². The van der Waals surface area contributed by atoms with Crippen molar-refractivity contribution in [3.05, 3.63) is 71.0 Å². The van der Waals surface area contributed by atoms with Crippen LogP contribution in [0.3, 0.4) is 0 Å². The van der Waals surface area contributed by atoms with Crippen LogP contribution in [0.25, 0.3) is 11.0 Å². The SMILES string of the molecule is CCOC(=O)c1sc(NC(=O)CN2CCC(Cn3c(COc4ccccc4)nc4ccccc43)CC2)nc1C. The smallest absolute Gasteiger partial charge is 0.350 e. The number of ether oxygens (including phenoxy) is 2. The van der Waals surface area contributed by atoms with E-state index >= 15 is 0 Å². The first-order chi connectivity index (χ1) is 19.0. The van der Waals surface area contributed by atoms with Gasteiger partial charge < -0.3 is 19.4 Å². The summed E-state index contributed by atoms with van der Waals surface area (Å²) in [6.07, 6.45) is 1.98. The van der Waals surface area contributed by atoms with Gasteiger partial charge in [0, 0.05) is 6.54 Å². The molecule has 3 heterocycles. The molecule has 39 heavy (non-hydrogen) atoms. The van der Waals surface area contributed by atoms with E-state index in [2.05, 4.69) is 25.8 Å². The maximum atomic E-state index is 12.7. The number of esters is 1. The monoisotopic (exact) mass is 547 g/mol. The lowest BCUT2D eigenvalue weighted by Crippen LogP contribution is -2.40. The average molecular weight is 548 g/mol. The molecule has 0 saturated carbocycles. The third-order valence-electron chi connectivity index (χ3n) is 6.86. The highest BCUT2D eigenvalue weighted by Gasteiger charge is 2.24. The third-order valence-corrected chi connectivity index (χ3v) is 7.92. The number of nitrogens with one attached hydrogen (secondary N) is 1. The number of likely N-dealkylation sites (tertiary alicyclic amines) is 1. The largest absolute Gasteiger partial charge is 0.486 e. The summed E-state index contributed by atoms with van der Waals surface area (Å²) >= 11 is 1.15. The number of aromatic nitrogens is 3. The van der Waals surface area contributed by atoms with Crippen LogP contribution in [0.5, 0.6) is 5.75 Å². The van der Waals surface area contributed by atoms with E-state index in [1.54, 1.807) is 13.8 Å². The molecule has 1 aliphatic rings. The molecule has 1 N–H and O–H groups in total. The van der Waals surface area contributed by atoms with Crippen LogP contribution in [0.1, 0.15) is 41.0 Å². The summed E-state index contributed by atoms with van der Waals surface area (Å²) in [7, 11) is 0. The summed E-state index contributed by atoms with van der Waals surface area (Å²) in [6, 6.07) is 18.0. The van der Waals surface area contributed by atoms with Crippen molar-refractivity contribution >= 4 is 39.4 Å². The summed E-state index contributed by atoms with van der Waals surface area (Å²) in [5.41, 5.74) is 2.66. The molecule has 0 atom stereocenters. The number of amides is 1. The Morgan fingerprint density at radius 2 is 1.79 bits per heavy atom. The minimum Gasteiger partial charge on any atom is -0.486 e. The van der Waals surface area contributed by atoms with Crippen LogP contribution >= 0.6 is 11.3 Å². The molecular formula is C29H33N5O4S. The summed E-state index contributed by atoms with van der Waals surface area (Å²) in [4.78, 5) is 36.5. The van der Waals surface area contributed by atoms with Crippen molar-refractivity contribution in [2.75, 3.05) is 31.6 Å². The Labute approximate surface area is 231 Å². The zero-order chi connectivity index (χ0) is 27.2. The number of rotatable bonds is 10. The first kappa shape index (κ1) is 26.8. The molecular weight excluding hydrogens is 514 g/mol. The fraction of sp³-hybridized carbons (Fsp3) is 0.379. The van der Waals surface area contributed by atoms with Crippen molar-refractivity contribution in [3.63, 3.8) is 0 Å². The number of thiazole rings is 1. The fourth-order valence-electron chi connectivity index (χ4n) is 4.89. The molecule has 0 aliphatic carbocycles. The number of piperidine rings is 1. The van der Waals surface area contributed by atoms with Crippen LogP contribution in [0.2, 0.25) is 0 Å². The first-order valence-electron chi connectivity index (χ1n) is 13.3. The summed E-state index contributed by atoms with van der Waals surface area (Å²) in [5, 5.41) is 3.27. The van der Waals surface area contributed by atoms with Gasteiger partial charge in [0.2, 0.25) is 5.91 Å². The van der Waals surface area contributed by atoms with Crippen molar-refractivity contribution in [1.29, 1.82) is 0 Å². The quantitative estimate of drug-likeness (QED) is 0.282. The number of aryl methyl sites for hydroxylation is 1. The van der Waals surface area contributed by atoms with Gasteiger partial charge >= 0.3 is 5.97 Å². The number of imidazole rings is 1. The van der Waals surface area contributed by atoms with Crippen molar-refractivity contribution in [1.82, 2.24) is 19.4 Å². The molecule has 1 saturated heterocycles. The zero-order valence-corrected chi connectivity index (χ0v) is 23.1. The number of carbonyl (C=O) groups is 2. The van der Waals surface area contributed by atoms with Gasteiger partial charge in [-0.2, -0.15) is 0 Å². The van der Waals surface area contributed by atoms with E-state index in [4.69, 9.17) is 14.5 Å². The van der Waals surface area contributed by atoms with Crippen molar-refractivity contribution < 1.29 is 19.1 Å².